The number of esters is 1. The number of hydrogen-bond donors (Lipinski definition) is 3. The van der Waals surface area contributed by atoms with Crippen LogP contribution in [0.1, 0.15) is 53.4 Å². The Morgan fingerprint density at radius 2 is 1.90 bits per heavy atom. The highest BCUT2D eigenvalue weighted by molar-refractivity contribution is 7.53. The lowest BCUT2D eigenvalue weighted by atomic mass is 9.96. The summed E-state index contributed by atoms with van der Waals surface area (Å²) >= 11 is 0. The predicted octanol–water partition coefficient (Wildman–Crippen LogP) is 2.58. The smallest absolute Gasteiger partial charge is 0.357 e. The van der Waals surface area contributed by atoms with Gasteiger partial charge in [0, 0.05) is 0 Å². The maximum Gasteiger partial charge on any atom is 0.357 e. The van der Waals surface area contributed by atoms with Crippen LogP contribution in [0.15, 0.2) is 12.7 Å². The molecule has 0 aromatic rings. The maximum atomic E-state index is 11.7. The number of carbonyl (C=O) groups is 1. The van der Waals surface area contributed by atoms with Crippen LogP contribution >= 0.6 is 7.60 Å². The van der Waals surface area contributed by atoms with Gasteiger partial charge >= 0.3 is 13.6 Å². The topological polar surface area (TPSA) is 104 Å². The lowest BCUT2D eigenvalue weighted by Gasteiger charge is -2.28. The maximum absolute atomic E-state index is 11.7. The van der Waals surface area contributed by atoms with E-state index in [1.54, 1.807) is 13.8 Å². The third kappa shape index (κ3) is 7.77. The molecule has 0 aliphatic carbocycles. The molecule has 0 aromatic heterocycles. The molecule has 0 fully saturated rings. The molecule has 0 radical (unpaired) electrons. The van der Waals surface area contributed by atoms with Crippen molar-refractivity contribution < 1.29 is 29.0 Å². The Morgan fingerprint density at radius 1 is 1.38 bits per heavy atom. The van der Waals surface area contributed by atoms with E-state index in [1.165, 1.54) is 0 Å². The molecule has 3 N–H and O–H groups in total. The third-order valence-corrected chi connectivity index (χ3v) is 4.75. The van der Waals surface area contributed by atoms with E-state index in [9.17, 15) is 14.5 Å². The number of ether oxygens (including phenoxy) is 1. The first-order chi connectivity index (χ1) is 9.31. The summed E-state index contributed by atoms with van der Waals surface area (Å²) in [5.41, 5.74) is -0.747. The van der Waals surface area contributed by atoms with Crippen LogP contribution in [0.2, 0.25) is 0 Å². The molecular weight excluding hydrogens is 295 g/mol. The van der Waals surface area contributed by atoms with E-state index in [0.29, 0.717) is 12.3 Å². The Kier molecular flexibility index (Phi) is 7.30. The van der Waals surface area contributed by atoms with Crippen molar-refractivity contribution in [3.05, 3.63) is 12.7 Å². The van der Waals surface area contributed by atoms with Crippen LogP contribution < -0.4 is 0 Å². The molecule has 2 atom stereocenters. The van der Waals surface area contributed by atoms with Gasteiger partial charge in [0.1, 0.15) is 5.60 Å². The minimum atomic E-state index is -4.78. The van der Waals surface area contributed by atoms with Crippen molar-refractivity contribution >= 4 is 13.6 Å². The molecule has 0 heterocycles. The molecule has 2 unspecified atom stereocenters. The van der Waals surface area contributed by atoms with Gasteiger partial charge in [-0.1, -0.05) is 13.0 Å². The van der Waals surface area contributed by atoms with Crippen LogP contribution in [0.5, 0.6) is 0 Å². The van der Waals surface area contributed by atoms with Crippen LogP contribution in [-0.4, -0.2) is 31.8 Å². The fourth-order valence-electron chi connectivity index (χ4n) is 1.74. The van der Waals surface area contributed by atoms with Crippen LogP contribution in [0.4, 0.5) is 0 Å². The summed E-state index contributed by atoms with van der Waals surface area (Å²) < 4.78 is 16.3. The quantitative estimate of drug-likeness (QED) is 0.342. The fraction of sp³-hybridized carbons (Fsp3) is 0.786. The van der Waals surface area contributed by atoms with Gasteiger partial charge in [-0.2, -0.15) is 0 Å². The zero-order valence-corrected chi connectivity index (χ0v) is 14.1. The molecule has 0 saturated heterocycles. The summed E-state index contributed by atoms with van der Waals surface area (Å²) in [6, 6.07) is 0. The molecule has 124 valence electrons. The number of hydrogen-bond acceptors (Lipinski definition) is 4. The monoisotopic (exact) mass is 322 g/mol. The van der Waals surface area contributed by atoms with Gasteiger partial charge in [0.15, 0.2) is 5.34 Å². The summed E-state index contributed by atoms with van der Waals surface area (Å²) in [5.74, 6) is -0.447. The molecule has 0 aliphatic rings. The molecule has 21 heavy (non-hydrogen) atoms. The van der Waals surface area contributed by atoms with Gasteiger partial charge in [-0.3, -0.25) is 9.36 Å². The molecule has 7 heteroatoms. The molecule has 0 amide bonds. The highest BCUT2D eigenvalue weighted by Crippen LogP contribution is 2.50. The summed E-state index contributed by atoms with van der Waals surface area (Å²) in [5, 5.41) is 7.22. The Hall–Kier alpha value is -0.680. The van der Waals surface area contributed by atoms with Crippen molar-refractivity contribution in [3.63, 3.8) is 0 Å². The zero-order valence-electron chi connectivity index (χ0n) is 13.2. The van der Waals surface area contributed by atoms with Crippen LogP contribution in [0, 0.1) is 5.92 Å². The highest BCUT2D eigenvalue weighted by atomic mass is 31.2. The average molecular weight is 322 g/mol. The molecule has 0 aliphatic heterocycles. The largest absolute Gasteiger partial charge is 0.460 e. The number of allylic oxidation sites excluding steroid dienone is 1. The summed E-state index contributed by atoms with van der Waals surface area (Å²) in [6.45, 7) is 10.1. The molecule has 0 rings (SSSR count). The minimum Gasteiger partial charge on any atom is -0.460 e. The Bertz CT molecular complexity index is 410. The number of aliphatic hydroxyl groups is 1. The minimum absolute atomic E-state index is 0.381. The average Bonchev–Trinajstić information content (AvgIpc) is 2.24. The Morgan fingerprint density at radius 3 is 2.33 bits per heavy atom. The molecule has 0 bridgehead atoms. The molecule has 0 aromatic carbocycles. The van der Waals surface area contributed by atoms with E-state index in [-0.39, 0.29) is 0 Å². The third-order valence-electron chi connectivity index (χ3n) is 3.34. The van der Waals surface area contributed by atoms with Crippen LogP contribution in [-0.2, 0) is 14.1 Å². The van der Waals surface area contributed by atoms with E-state index >= 15 is 0 Å². The molecule has 6 nitrogen and oxygen atoms in total. The van der Waals surface area contributed by atoms with Gasteiger partial charge < -0.3 is 19.6 Å². The van der Waals surface area contributed by atoms with E-state index in [1.807, 2.05) is 13.0 Å². The van der Waals surface area contributed by atoms with Crippen molar-refractivity contribution in [2.24, 2.45) is 5.92 Å². The van der Waals surface area contributed by atoms with Gasteiger partial charge in [0.2, 0.25) is 0 Å². The second kappa shape index (κ2) is 7.54. The normalized spacial score (nSPS) is 16.9. The first-order valence-electron chi connectivity index (χ1n) is 6.93. The molecular formula is C14H27O6P. The lowest BCUT2D eigenvalue weighted by Crippen LogP contribution is -2.34. The second-order valence-electron chi connectivity index (χ2n) is 6.28. The van der Waals surface area contributed by atoms with Crippen molar-refractivity contribution in [1.29, 1.82) is 0 Å². The second-order valence-corrected chi connectivity index (χ2v) is 8.33. The SMILES string of the molecule is C=CC(C)CCCC(C)(C)OC(=O)CC(C)(O)P(=O)(O)O. The van der Waals surface area contributed by atoms with Gasteiger partial charge in [-0.05, 0) is 46.0 Å². The van der Waals surface area contributed by atoms with Gasteiger partial charge in [0.25, 0.3) is 0 Å². The van der Waals surface area contributed by atoms with Crippen molar-refractivity contribution in [3.8, 4) is 0 Å². The predicted molar refractivity (Wildman–Crippen MR) is 80.7 cm³/mol. The molecule has 0 spiro atoms. The van der Waals surface area contributed by atoms with Crippen LogP contribution in [0.25, 0.3) is 0 Å². The van der Waals surface area contributed by atoms with Gasteiger partial charge in [0.05, 0.1) is 6.42 Å². The first-order valence-corrected chi connectivity index (χ1v) is 8.54. The van der Waals surface area contributed by atoms with E-state index < -0.39 is 30.9 Å². The summed E-state index contributed by atoms with van der Waals surface area (Å²) in [4.78, 5) is 29.7. The van der Waals surface area contributed by atoms with Gasteiger partial charge in [-0.25, -0.2) is 0 Å². The van der Waals surface area contributed by atoms with E-state index in [4.69, 9.17) is 14.5 Å². The zero-order chi connectivity index (χ0) is 16.9. The number of carbonyl (C=O) groups excluding carboxylic acids is 1. The van der Waals surface area contributed by atoms with E-state index in [0.717, 1.165) is 19.8 Å². The van der Waals surface area contributed by atoms with Crippen LogP contribution in [0.3, 0.4) is 0 Å². The van der Waals surface area contributed by atoms with Crippen molar-refractivity contribution in [1.82, 2.24) is 0 Å². The van der Waals surface area contributed by atoms with E-state index in [2.05, 4.69) is 6.58 Å². The fourth-order valence-corrected chi connectivity index (χ4v) is 2.07. The Balaban J connectivity index is 4.42. The lowest BCUT2D eigenvalue weighted by molar-refractivity contribution is -0.160. The van der Waals surface area contributed by atoms with Crippen molar-refractivity contribution in [2.45, 2.75) is 64.3 Å². The summed E-state index contributed by atoms with van der Waals surface area (Å²) in [7, 11) is -4.78. The highest BCUT2D eigenvalue weighted by Gasteiger charge is 2.43. The van der Waals surface area contributed by atoms with Gasteiger partial charge in [-0.15, -0.1) is 6.58 Å². The first kappa shape index (κ1) is 20.3. The summed E-state index contributed by atoms with van der Waals surface area (Å²) in [6.07, 6.45) is 3.49. The number of rotatable bonds is 9. The molecule has 0 saturated carbocycles. The standard InChI is InChI=1S/C14H27O6P/c1-6-11(2)8-7-9-13(3,4)20-12(15)10-14(5,16)21(17,18)19/h6,11,16H,1,7-10H2,2-5H3,(H2,17,18,19). The Labute approximate surface area is 126 Å². The van der Waals surface area contributed by atoms with Crippen molar-refractivity contribution in [2.75, 3.05) is 0 Å².